The van der Waals surface area contributed by atoms with Gasteiger partial charge < -0.3 is 30.7 Å². The van der Waals surface area contributed by atoms with Gasteiger partial charge in [0.25, 0.3) is 5.91 Å². The SMILES string of the molecule is COCCOC(=O)c1c(NC(=O)CNc2ccccc2N2CCCCCC2)sc(C(N)=O)c1C. The van der Waals surface area contributed by atoms with Gasteiger partial charge >= 0.3 is 5.97 Å². The summed E-state index contributed by atoms with van der Waals surface area (Å²) < 4.78 is 10.1. The van der Waals surface area contributed by atoms with Crippen LogP contribution < -0.4 is 21.3 Å². The number of benzene rings is 1. The van der Waals surface area contributed by atoms with E-state index in [2.05, 4.69) is 21.6 Å². The van der Waals surface area contributed by atoms with Crippen LogP contribution in [0.5, 0.6) is 0 Å². The van der Waals surface area contributed by atoms with Crippen molar-refractivity contribution in [2.24, 2.45) is 5.73 Å². The lowest BCUT2D eigenvalue weighted by Gasteiger charge is -2.25. The number of para-hydroxylation sites is 2. The summed E-state index contributed by atoms with van der Waals surface area (Å²) >= 11 is 0.965. The van der Waals surface area contributed by atoms with Crippen molar-refractivity contribution in [2.45, 2.75) is 32.6 Å². The van der Waals surface area contributed by atoms with E-state index in [4.69, 9.17) is 15.2 Å². The molecule has 0 radical (unpaired) electrons. The topological polar surface area (TPSA) is 123 Å². The van der Waals surface area contributed by atoms with Crippen LogP contribution in [0.2, 0.25) is 0 Å². The summed E-state index contributed by atoms with van der Waals surface area (Å²) in [5.41, 5.74) is 7.91. The lowest BCUT2D eigenvalue weighted by Crippen LogP contribution is -2.27. The Morgan fingerprint density at radius 3 is 2.47 bits per heavy atom. The minimum Gasteiger partial charge on any atom is -0.460 e. The van der Waals surface area contributed by atoms with Crippen molar-refractivity contribution in [1.82, 2.24) is 0 Å². The number of carbonyl (C=O) groups is 3. The minimum absolute atomic E-state index is 0.00807. The van der Waals surface area contributed by atoms with Crippen LogP contribution >= 0.6 is 11.3 Å². The fraction of sp³-hybridized carbons (Fsp3) is 0.458. The van der Waals surface area contributed by atoms with Crippen molar-refractivity contribution in [2.75, 3.05) is 55.5 Å². The van der Waals surface area contributed by atoms with Crippen molar-refractivity contribution in [1.29, 1.82) is 0 Å². The number of nitrogens with one attached hydrogen (secondary N) is 2. The maximum Gasteiger partial charge on any atom is 0.341 e. The van der Waals surface area contributed by atoms with E-state index in [1.54, 1.807) is 6.92 Å². The third-order valence-corrected chi connectivity index (χ3v) is 6.86. The van der Waals surface area contributed by atoms with Gasteiger partial charge in [0.2, 0.25) is 5.91 Å². The molecule has 4 N–H and O–H groups in total. The van der Waals surface area contributed by atoms with Crippen molar-refractivity contribution in [3.05, 3.63) is 40.3 Å². The highest BCUT2D eigenvalue weighted by Gasteiger charge is 2.26. The molecule has 2 aromatic rings. The molecule has 9 nitrogen and oxygen atoms in total. The number of esters is 1. The molecule has 0 bridgehead atoms. The number of primary amides is 1. The molecular formula is C24H32N4O5S. The first kappa shape index (κ1) is 25.5. The van der Waals surface area contributed by atoms with Gasteiger partial charge in [-0.2, -0.15) is 0 Å². The molecule has 1 aromatic heterocycles. The van der Waals surface area contributed by atoms with E-state index in [-0.39, 0.29) is 41.1 Å². The Kier molecular flexibility index (Phi) is 9.29. The molecule has 0 unspecified atom stereocenters. The highest BCUT2D eigenvalue weighted by atomic mass is 32.1. The first-order chi connectivity index (χ1) is 16.4. The Bertz CT molecular complexity index is 1010. The molecule has 34 heavy (non-hydrogen) atoms. The van der Waals surface area contributed by atoms with E-state index in [0.29, 0.717) is 5.56 Å². The number of methoxy groups -OCH3 is 1. The fourth-order valence-electron chi connectivity index (χ4n) is 3.93. The summed E-state index contributed by atoms with van der Waals surface area (Å²) in [6, 6.07) is 7.93. The number of amides is 2. The number of ether oxygens (including phenoxy) is 2. The molecule has 1 aliphatic heterocycles. The van der Waals surface area contributed by atoms with Crippen molar-refractivity contribution >= 4 is 45.5 Å². The van der Waals surface area contributed by atoms with Crippen LogP contribution in [0, 0.1) is 6.92 Å². The normalized spacial score (nSPS) is 13.8. The van der Waals surface area contributed by atoms with E-state index < -0.39 is 11.9 Å². The number of rotatable bonds is 10. The minimum atomic E-state index is -0.668. The van der Waals surface area contributed by atoms with E-state index in [0.717, 1.165) is 48.6 Å². The molecule has 2 amide bonds. The Morgan fingerprint density at radius 1 is 1.09 bits per heavy atom. The van der Waals surface area contributed by atoms with E-state index in [1.807, 2.05) is 18.2 Å². The van der Waals surface area contributed by atoms with E-state index in [1.165, 1.54) is 20.0 Å². The van der Waals surface area contributed by atoms with Gasteiger partial charge in [0.1, 0.15) is 11.6 Å². The third kappa shape index (κ3) is 6.48. The maximum absolute atomic E-state index is 12.8. The molecule has 0 spiro atoms. The average molecular weight is 489 g/mol. The molecule has 3 rings (SSSR count). The van der Waals surface area contributed by atoms with Crippen molar-refractivity contribution in [3.8, 4) is 0 Å². The van der Waals surface area contributed by atoms with Crippen LogP contribution in [0.1, 0.15) is 51.3 Å². The van der Waals surface area contributed by atoms with Gasteiger partial charge in [-0.1, -0.05) is 25.0 Å². The van der Waals surface area contributed by atoms with Crippen LogP contribution in [0.25, 0.3) is 0 Å². The first-order valence-corrected chi connectivity index (χ1v) is 12.2. The van der Waals surface area contributed by atoms with Crippen LogP contribution in [-0.2, 0) is 14.3 Å². The molecule has 2 heterocycles. The second-order valence-corrected chi connectivity index (χ2v) is 9.09. The number of nitrogens with zero attached hydrogens (tertiary/aromatic N) is 1. The molecule has 10 heteroatoms. The number of hydrogen-bond donors (Lipinski definition) is 3. The Labute approximate surface area is 203 Å². The van der Waals surface area contributed by atoms with Gasteiger partial charge in [-0.25, -0.2) is 4.79 Å². The second-order valence-electron chi connectivity index (χ2n) is 8.07. The summed E-state index contributed by atoms with van der Waals surface area (Å²) in [5, 5.41) is 6.19. The highest BCUT2D eigenvalue weighted by Crippen LogP contribution is 2.34. The monoisotopic (exact) mass is 488 g/mol. The lowest BCUT2D eigenvalue weighted by molar-refractivity contribution is -0.114. The molecule has 184 valence electrons. The molecule has 1 aromatic carbocycles. The Hall–Kier alpha value is -3.11. The lowest BCUT2D eigenvalue weighted by atomic mass is 10.1. The molecule has 0 atom stereocenters. The molecule has 1 aliphatic rings. The predicted molar refractivity (Wildman–Crippen MR) is 134 cm³/mol. The van der Waals surface area contributed by atoms with Crippen LogP contribution in [0.4, 0.5) is 16.4 Å². The molecular weight excluding hydrogens is 456 g/mol. The zero-order chi connectivity index (χ0) is 24.5. The molecule has 0 saturated carbocycles. The maximum atomic E-state index is 12.8. The Morgan fingerprint density at radius 2 is 1.79 bits per heavy atom. The zero-order valence-electron chi connectivity index (χ0n) is 19.6. The van der Waals surface area contributed by atoms with Gasteiger partial charge in [-0.3, -0.25) is 9.59 Å². The summed E-state index contributed by atoms with van der Waals surface area (Å²) in [4.78, 5) is 39.8. The average Bonchev–Trinajstić information content (AvgIpc) is 2.98. The number of anilines is 3. The van der Waals surface area contributed by atoms with Gasteiger partial charge in [0, 0.05) is 20.2 Å². The van der Waals surface area contributed by atoms with Crippen LogP contribution in [0.3, 0.4) is 0 Å². The summed E-state index contributed by atoms with van der Waals surface area (Å²) in [6.45, 7) is 3.87. The molecule has 1 saturated heterocycles. The quantitative estimate of drug-likeness (QED) is 0.346. The number of nitrogens with two attached hydrogens (primary N) is 1. The van der Waals surface area contributed by atoms with E-state index >= 15 is 0 Å². The third-order valence-electron chi connectivity index (χ3n) is 5.64. The second kappa shape index (κ2) is 12.4. The van der Waals surface area contributed by atoms with Crippen LogP contribution in [0.15, 0.2) is 24.3 Å². The fourth-order valence-corrected chi connectivity index (χ4v) is 4.99. The Balaban J connectivity index is 1.71. The van der Waals surface area contributed by atoms with Gasteiger partial charge in [0.15, 0.2) is 0 Å². The first-order valence-electron chi connectivity index (χ1n) is 11.4. The van der Waals surface area contributed by atoms with E-state index in [9.17, 15) is 14.4 Å². The number of thiophene rings is 1. The van der Waals surface area contributed by atoms with Crippen molar-refractivity contribution < 1.29 is 23.9 Å². The smallest absolute Gasteiger partial charge is 0.341 e. The van der Waals surface area contributed by atoms with Gasteiger partial charge in [-0.05, 0) is 37.5 Å². The number of carbonyl (C=O) groups excluding carboxylic acids is 3. The van der Waals surface area contributed by atoms with Gasteiger partial charge in [-0.15, -0.1) is 11.3 Å². The van der Waals surface area contributed by atoms with Crippen molar-refractivity contribution in [3.63, 3.8) is 0 Å². The molecule has 0 aliphatic carbocycles. The highest BCUT2D eigenvalue weighted by molar-refractivity contribution is 7.18. The summed E-state index contributed by atoms with van der Waals surface area (Å²) in [5.74, 6) is -1.67. The zero-order valence-corrected chi connectivity index (χ0v) is 20.5. The summed E-state index contributed by atoms with van der Waals surface area (Å²) in [6.07, 6.45) is 4.77. The standard InChI is InChI=1S/C24H32N4O5S/c1-16-20(24(31)33-14-13-32-2)23(34-21(16)22(25)30)27-19(29)15-26-17-9-5-6-10-18(17)28-11-7-3-4-8-12-28/h5-6,9-10,26H,3-4,7-8,11-15H2,1-2H3,(H2,25,30)(H,27,29). The molecule has 1 fully saturated rings. The predicted octanol–water partition coefficient (Wildman–Crippen LogP) is 3.39. The largest absolute Gasteiger partial charge is 0.460 e. The van der Waals surface area contributed by atoms with Gasteiger partial charge in [0.05, 0.1) is 35.0 Å². The number of hydrogen-bond acceptors (Lipinski definition) is 8. The summed E-state index contributed by atoms with van der Waals surface area (Å²) in [7, 11) is 1.50. The van der Waals surface area contributed by atoms with Crippen LogP contribution in [-0.4, -0.2) is 57.7 Å².